The molecule has 2 rings (SSSR count). The van der Waals surface area contributed by atoms with E-state index >= 15 is 0 Å². The molecule has 1 aromatic carbocycles. The first-order valence-corrected chi connectivity index (χ1v) is 6.39. The van der Waals surface area contributed by atoms with Gasteiger partial charge < -0.3 is 4.90 Å². The molecule has 3 heteroatoms. The summed E-state index contributed by atoms with van der Waals surface area (Å²) in [7, 11) is 3.52. The van der Waals surface area contributed by atoms with Crippen molar-refractivity contribution in [2.24, 2.45) is 0 Å². The van der Waals surface area contributed by atoms with Crippen LogP contribution >= 0.6 is 0 Å². The molecule has 0 N–H and O–H groups in total. The molecule has 2 aromatic rings. The highest BCUT2D eigenvalue weighted by atomic mass is 16.2. The van der Waals surface area contributed by atoms with Gasteiger partial charge in [0.15, 0.2) is 0 Å². The minimum Gasteiger partial charge on any atom is -0.345 e. The Balaban J connectivity index is 2.46. The molecule has 0 radical (unpaired) electrons. The Labute approximate surface area is 113 Å². The number of amides is 1. The number of nitrogens with zero attached hydrogens (tertiary/aromatic N) is 2. The molecular weight excluding hydrogens is 236 g/mol. The number of aryl methyl sites for hydroxylation is 1. The second-order valence-corrected chi connectivity index (χ2v) is 4.63. The quantitative estimate of drug-likeness (QED) is 0.843. The number of hydrogen-bond donors (Lipinski definition) is 0. The van der Waals surface area contributed by atoms with Gasteiger partial charge in [-0.1, -0.05) is 25.1 Å². The molecule has 98 valence electrons. The van der Waals surface area contributed by atoms with Crippen LogP contribution in [0.3, 0.4) is 0 Å². The summed E-state index contributed by atoms with van der Waals surface area (Å²) in [6, 6.07) is 11.7. The van der Waals surface area contributed by atoms with E-state index in [1.807, 2.05) is 36.4 Å². The van der Waals surface area contributed by atoms with Gasteiger partial charge in [0.05, 0.1) is 0 Å². The summed E-state index contributed by atoms with van der Waals surface area (Å²) in [5, 5.41) is 0. The van der Waals surface area contributed by atoms with Gasteiger partial charge in [-0.15, -0.1) is 0 Å². The molecule has 0 unspecified atom stereocenters. The maximum absolute atomic E-state index is 12.0. The van der Waals surface area contributed by atoms with Gasteiger partial charge in [-0.2, -0.15) is 0 Å². The molecule has 3 nitrogen and oxygen atoms in total. The topological polar surface area (TPSA) is 33.2 Å². The molecule has 0 aliphatic heterocycles. The Morgan fingerprint density at radius 2 is 2.00 bits per heavy atom. The van der Waals surface area contributed by atoms with E-state index in [2.05, 4.69) is 11.9 Å². The van der Waals surface area contributed by atoms with Gasteiger partial charge in [0.25, 0.3) is 5.91 Å². The van der Waals surface area contributed by atoms with Crippen molar-refractivity contribution in [2.45, 2.75) is 13.3 Å². The highest BCUT2D eigenvalue weighted by Gasteiger charge is 2.10. The summed E-state index contributed by atoms with van der Waals surface area (Å²) in [6.45, 7) is 2.08. The van der Waals surface area contributed by atoms with Crippen LogP contribution in [0.2, 0.25) is 0 Å². The van der Waals surface area contributed by atoms with Crippen LogP contribution in [0.15, 0.2) is 42.6 Å². The standard InChI is InChI=1S/C16H18N2O/c1-4-15-14(9-6-10-17-15)12-7-5-8-13(11-12)16(19)18(2)3/h5-11H,4H2,1-3H3. The highest BCUT2D eigenvalue weighted by Crippen LogP contribution is 2.23. The first-order valence-electron chi connectivity index (χ1n) is 6.39. The van der Waals surface area contributed by atoms with Crippen LogP contribution in [0, 0.1) is 0 Å². The zero-order valence-corrected chi connectivity index (χ0v) is 11.6. The highest BCUT2D eigenvalue weighted by molar-refractivity contribution is 5.95. The largest absolute Gasteiger partial charge is 0.345 e. The normalized spacial score (nSPS) is 10.3. The van der Waals surface area contributed by atoms with E-state index in [4.69, 9.17) is 0 Å². The van der Waals surface area contributed by atoms with E-state index < -0.39 is 0 Å². The van der Waals surface area contributed by atoms with Crippen LogP contribution < -0.4 is 0 Å². The van der Waals surface area contributed by atoms with Crippen molar-refractivity contribution < 1.29 is 4.79 Å². The first-order chi connectivity index (χ1) is 9.13. The molecule has 0 fully saturated rings. The van der Waals surface area contributed by atoms with Crippen molar-refractivity contribution >= 4 is 5.91 Å². The molecule has 0 saturated carbocycles. The van der Waals surface area contributed by atoms with Crippen molar-refractivity contribution in [3.8, 4) is 11.1 Å². The van der Waals surface area contributed by atoms with E-state index in [1.165, 1.54) is 0 Å². The van der Waals surface area contributed by atoms with Crippen LogP contribution in [0.25, 0.3) is 11.1 Å². The van der Waals surface area contributed by atoms with Crippen LogP contribution in [0.5, 0.6) is 0 Å². The van der Waals surface area contributed by atoms with Crippen molar-refractivity contribution in [1.29, 1.82) is 0 Å². The summed E-state index contributed by atoms with van der Waals surface area (Å²) in [6.07, 6.45) is 2.68. The van der Waals surface area contributed by atoms with Crippen LogP contribution in [0.4, 0.5) is 0 Å². The third-order valence-corrected chi connectivity index (χ3v) is 3.05. The monoisotopic (exact) mass is 254 g/mol. The van der Waals surface area contributed by atoms with Gasteiger partial charge in [-0.05, 0) is 30.2 Å². The van der Waals surface area contributed by atoms with Gasteiger partial charge in [-0.25, -0.2) is 0 Å². The average Bonchev–Trinajstić information content (AvgIpc) is 2.46. The Bertz CT molecular complexity index is 591. The zero-order valence-electron chi connectivity index (χ0n) is 11.6. The van der Waals surface area contributed by atoms with E-state index in [-0.39, 0.29) is 5.91 Å². The Kier molecular flexibility index (Phi) is 3.95. The summed E-state index contributed by atoms with van der Waals surface area (Å²) in [5.74, 6) is 0.0174. The molecule has 0 atom stereocenters. The van der Waals surface area contributed by atoms with Gasteiger partial charge in [-0.3, -0.25) is 9.78 Å². The van der Waals surface area contributed by atoms with Gasteiger partial charge in [0.2, 0.25) is 0 Å². The smallest absolute Gasteiger partial charge is 0.253 e. The number of carbonyl (C=O) groups excluding carboxylic acids is 1. The SMILES string of the molecule is CCc1ncccc1-c1cccc(C(=O)N(C)C)c1. The van der Waals surface area contributed by atoms with Crippen molar-refractivity contribution in [2.75, 3.05) is 14.1 Å². The second-order valence-electron chi connectivity index (χ2n) is 4.63. The van der Waals surface area contributed by atoms with Crippen molar-refractivity contribution in [3.05, 3.63) is 53.9 Å². The Morgan fingerprint density at radius 1 is 1.21 bits per heavy atom. The lowest BCUT2D eigenvalue weighted by molar-refractivity contribution is 0.0827. The molecule has 0 bridgehead atoms. The van der Waals surface area contributed by atoms with E-state index in [9.17, 15) is 4.79 Å². The number of hydrogen-bond acceptors (Lipinski definition) is 2. The van der Waals surface area contributed by atoms with Gasteiger partial charge in [0.1, 0.15) is 0 Å². The molecule has 19 heavy (non-hydrogen) atoms. The summed E-state index contributed by atoms with van der Waals surface area (Å²) < 4.78 is 0. The first kappa shape index (κ1) is 13.3. The predicted octanol–water partition coefficient (Wildman–Crippen LogP) is 3.01. The fourth-order valence-electron chi connectivity index (χ4n) is 2.06. The summed E-state index contributed by atoms with van der Waals surface area (Å²) in [5.41, 5.74) is 3.89. The van der Waals surface area contributed by atoms with E-state index in [1.54, 1.807) is 25.2 Å². The van der Waals surface area contributed by atoms with Crippen LogP contribution in [0.1, 0.15) is 23.0 Å². The molecule has 0 spiro atoms. The average molecular weight is 254 g/mol. The summed E-state index contributed by atoms with van der Waals surface area (Å²) >= 11 is 0. The fourth-order valence-corrected chi connectivity index (χ4v) is 2.06. The van der Waals surface area contributed by atoms with Crippen molar-refractivity contribution in [1.82, 2.24) is 9.88 Å². The molecule has 0 saturated heterocycles. The lowest BCUT2D eigenvalue weighted by atomic mass is 10.0. The second kappa shape index (κ2) is 5.65. The fraction of sp³-hybridized carbons (Fsp3) is 0.250. The number of rotatable bonds is 3. The minimum absolute atomic E-state index is 0.0174. The third-order valence-electron chi connectivity index (χ3n) is 3.05. The molecule has 1 heterocycles. The minimum atomic E-state index is 0.0174. The maximum atomic E-state index is 12.0. The molecule has 0 aliphatic rings. The maximum Gasteiger partial charge on any atom is 0.253 e. The number of aromatic nitrogens is 1. The molecule has 0 aliphatic carbocycles. The Hall–Kier alpha value is -2.16. The van der Waals surface area contributed by atoms with E-state index in [0.29, 0.717) is 5.56 Å². The molecule has 1 aromatic heterocycles. The zero-order chi connectivity index (χ0) is 13.8. The number of carbonyl (C=O) groups is 1. The van der Waals surface area contributed by atoms with Crippen molar-refractivity contribution in [3.63, 3.8) is 0 Å². The predicted molar refractivity (Wildman–Crippen MR) is 77.1 cm³/mol. The lowest BCUT2D eigenvalue weighted by Gasteiger charge is -2.12. The number of benzene rings is 1. The van der Waals surface area contributed by atoms with Gasteiger partial charge >= 0.3 is 0 Å². The molecular formula is C16H18N2O. The van der Waals surface area contributed by atoms with E-state index in [0.717, 1.165) is 23.2 Å². The van der Waals surface area contributed by atoms with Crippen LogP contribution in [-0.4, -0.2) is 29.9 Å². The van der Waals surface area contributed by atoms with Gasteiger partial charge in [0, 0.05) is 37.1 Å². The van der Waals surface area contributed by atoms with Crippen LogP contribution in [-0.2, 0) is 6.42 Å². The third kappa shape index (κ3) is 2.81. The molecule has 1 amide bonds. The Morgan fingerprint density at radius 3 is 2.68 bits per heavy atom. The lowest BCUT2D eigenvalue weighted by Crippen LogP contribution is -2.21. The summed E-state index contributed by atoms with van der Waals surface area (Å²) in [4.78, 5) is 18.0. The number of pyridine rings is 1.